The van der Waals surface area contributed by atoms with Gasteiger partial charge in [0.15, 0.2) is 4.47 Å². The highest BCUT2D eigenvalue weighted by molar-refractivity contribution is 7.14. The Kier molecular flexibility index (Phi) is 5.20. The molecule has 1 aromatic heterocycles. The summed E-state index contributed by atoms with van der Waals surface area (Å²) in [6.07, 6.45) is 0.900. The first-order chi connectivity index (χ1) is 10.6. The number of carbonyl (C=O) groups excluding carboxylic acids is 2. The largest absolute Gasteiger partial charge is 0.444 e. The molecule has 0 atom stereocenters. The number of rotatable bonds is 2. The van der Waals surface area contributed by atoms with Crippen LogP contribution in [0.4, 0.5) is 4.79 Å². The average molecular weight is 360 g/mol. The molecule has 0 saturated carbocycles. The van der Waals surface area contributed by atoms with Crippen molar-refractivity contribution in [1.82, 2.24) is 15.2 Å². The number of hydrogen-bond donors (Lipinski definition) is 1. The summed E-state index contributed by atoms with van der Waals surface area (Å²) < 4.78 is 5.66. The van der Waals surface area contributed by atoms with Crippen molar-refractivity contribution in [3.05, 3.63) is 15.5 Å². The number of amides is 2. The van der Waals surface area contributed by atoms with Crippen molar-refractivity contribution in [1.29, 1.82) is 0 Å². The lowest BCUT2D eigenvalue weighted by Crippen LogP contribution is -2.55. The summed E-state index contributed by atoms with van der Waals surface area (Å²) in [4.78, 5) is 30.0. The molecule has 1 N–H and O–H groups in total. The number of aromatic nitrogens is 1. The predicted molar refractivity (Wildman–Crippen MR) is 90.0 cm³/mol. The number of halogens is 1. The third kappa shape index (κ3) is 5.07. The second kappa shape index (κ2) is 6.65. The van der Waals surface area contributed by atoms with E-state index < -0.39 is 11.7 Å². The van der Waals surface area contributed by atoms with Gasteiger partial charge in [0.2, 0.25) is 0 Å². The maximum absolute atomic E-state index is 12.3. The highest BCUT2D eigenvalue weighted by atomic mass is 35.5. The van der Waals surface area contributed by atoms with Gasteiger partial charge in [0, 0.05) is 24.0 Å². The number of hydrogen-bond acceptors (Lipinski definition) is 5. The Hall–Kier alpha value is -1.34. The molecule has 128 valence electrons. The minimum absolute atomic E-state index is 0.118. The summed E-state index contributed by atoms with van der Waals surface area (Å²) in [5.74, 6) is -0.118. The quantitative estimate of drug-likeness (QED) is 0.879. The van der Waals surface area contributed by atoms with Gasteiger partial charge in [0.05, 0.1) is 0 Å². The van der Waals surface area contributed by atoms with Gasteiger partial charge in [-0.2, -0.15) is 0 Å². The molecule has 23 heavy (non-hydrogen) atoms. The SMILES string of the molecule is CC1(NC(=O)OC(C)(C)C)CCN(C(=O)c2csc(Cl)n2)CC1. The van der Waals surface area contributed by atoms with E-state index in [1.54, 1.807) is 10.3 Å². The monoisotopic (exact) mass is 359 g/mol. The number of nitrogens with one attached hydrogen (secondary N) is 1. The van der Waals surface area contributed by atoms with Crippen LogP contribution in [-0.4, -0.2) is 46.1 Å². The van der Waals surface area contributed by atoms with Crippen molar-refractivity contribution >= 4 is 34.9 Å². The second-order valence-electron chi connectivity index (χ2n) is 6.97. The molecule has 0 spiro atoms. The molecule has 6 nitrogen and oxygen atoms in total. The maximum Gasteiger partial charge on any atom is 0.408 e. The third-order valence-corrected chi connectivity index (χ3v) is 4.63. The Morgan fingerprint density at radius 2 is 2.00 bits per heavy atom. The number of thiazole rings is 1. The predicted octanol–water partition coefficient (Wildman–Crippen LogP) is 3.32. The fourth-order valence-electron chi connectivity index (χ4n) is 2.39. The van der Waals surface area contributed by atoms with Crippen molar-refractivity contribution in [3.8, 4) is 0 Å². The Morgan fingerprint density at radius 3 is 2.48 bits per heavy atom. The molecule has 1 aliphatic rings. The van der Waals surface area contributed by atoms with Crippen LogP contribution in [0.25, 0.3) is 0 Å². The van der Waals surface area contributed by atoms with E-state index in [1.165, 1.54) is 11.3 Å². The summed E-state index contributed by atoms with van der Waals surface area (Å²) in [6.45, 7) is 8.57. The van der Waals surface area contributed by atoms with Gasteiger partial charge in [0.25, 0.3) is 5.91 Å². The number of likely N-dealkylation sites (tertiary alicyclic amines) is 1. The smallest absolute Gasteiger partial charge is 0.408 e. The van der Waals surface area contributed by atoms with E-state index >= 15 is 0 Å². The lowest BCUT2D eigenvalue weighted by atomic mass is 9.89. The zero-order valence-corrected chi connectivity index (χ0v) is 15.4. The van der Waals surface area contributed by atoms with Crippen molar-refractivity contribution in [2.24, 2.45) is 0 Å². The molecule has 0 radical (unpaired) electrons. The van der Waals surface area contributed by atoms with E-state index in [-0.39, 0.29) is 11.4 Å². The average Bonchev–Trinajstić information content (AvgIpc) is 2.82. The van der Waals surface area contributed by atoms with Gasteiger partial charge in [-0.25, -0.2) is 9.78 Å². The van der Waals surface area contributed by atoms with E-state index in [1.807, 2.05) is 27.7 Å². The van der Waals surface area contributed by atoms with E-state index in [0.29, 0.717) is 36.1 Å². The van der Waals surface area contributed by atoms with Gasteiger partial charge in [-0.05, 0) is 40.5 Å². The van der Waals surface area contributed by atoms with Crippen LogP contribution in [-0.2, 0) is 4.74 Å². The molecule has 1 fully saturated rings. The number of piperidine rings is 1. The van der Waals surface area contributed by atoms with Gasteiger partial charge in [-0.3, -0.25) is 4.79 Å². The lowest BCUT2D eigenvalue weighted by Gasteiger charge is -2.39. The molecule has 0 bridgehead atoms. The van der Waals surface area contributed by atoms with Gasteiger partial charge in [0.1, 0.15) is 11.3 Å². The molecule has 2 amide bonds. The Labute approximate surface area is 145 Å². The van der Waals surface area contributed by atoms with Crippen LogP contribution in [0.15, 0.2) is 5.38 Å². The molecule has 1 aliphatic heterocycles. The van der Waals surface area contributed by atoms with Crippen LogP contribution in [0.5, 0.6) is 0 Å². The molecule has 0 aromatic carbocycles. The van der Waals surface area contributed by atoms with Gasteiger partial charge in [-0.1, -0.05) is 11.6 Å². The highest BCUT2D eigenvalue weighted by Gasteiger charge is 2.35. The molecule has 2 heterocycles. The van der Waals surface area contributed by atoms with Crippen LogP contribution in [0.3, 0.4) is 0 Å². The van der Waals surface area contributed by atoms with E-state index in [2.05, 4.69) is 10.3 Å². The minimum Gasteiger partial charge on any atom is -0.444 e. The standard InChI is InChI=1S/C15H22ClN3O3S/c1-14(2,3)22-13(21)18-15(4)5-7-19(8-6-15)11(20)10-9-23-12(16)17-10/h9H,5-8H2,1-4H3,(H,18,21). The molecular formula is C15H22ClN3O3S. The zero-order chi connectivity index (χ0) is 17.3. The lowest BCUT2D eigenvalue weighted by molar-refractivity contribution is 0.0396. The molecule has 2 rings (SSSR count). The fourth-order valence-corrected chi connectivity index (χ4v) is 3.13. The molecule has 0 aliphatic carbocycles. The summed E-state index contributed by atoms with van der Waals surface area (Å²) in [7, 11) is 0. The Bertz CT molecular complexity index is 589. The van der Waals surface area contributed by atoms with Gasteiger partial charge < -0.3 is 15.0 Å². The summed E-state index contributed by atoms with van der Waals surface area (Å²) in [5, 5.41) is 4.59. The van der Waals surface area contributed by atoms with Gasteiger partial charge >= 0.3 is 6.09 Å². The third-order valence-electron chi connectivity index (χ3n) is 3.65. The van der Waals surface area contributed by atoms with Gasteiger partial charge in [-0.15, -0.1) is 11.3 Å². The summed E-state index contributed by atoms with van der Waals surface area (Å²) in [6, 6.07) is 0. The van der Waals surface area contributed by atoms with Crippen molar-refractivity contribution in [3.63, 3.8) is 0 Å². The topological polar surface area (TPSA) is 71.5 Å². The van der Waals surface area contributed by atoms with Crippen molar-refractivity contribution in [2.75, 3.05) is 13.1 Å². The first-order valence-electron chi connectivity index (χ1n) is 7.49. The number of nitrogens with zero attached hydrogens (tertiary/aromatic N) is 2. The summed E-state index contributed by atoms with van der Waals surface area (Å²) >= 11 is 7.02. The van der Waals surface area contributed by atoms with Crippen LogP contribution < -0.4 is 5.32 Å². The van der Waals surface area contributed by atoms with Crippen LogP contribution in [0, 0.1) is 0 Å². The van der Waals surface area contributed by atoms with E-state index in [9.17, 15) is 9.59 Å². The molecule has 0 unspecified atom stereocenters. The number of alkyl carbamates (subject to hydrolysis) is 1. The van der Waals surface area contributed by atoms with Crippen LogP contribution in [0.1, 0.15) is 51.0 Å². The first kappa shape index (κ1) is 18.0. The number of carbonyl (C=O) groups is 2. The normalized spacial score (nSPS) is 17.7. The summed E-state index contributed by atoms with van der Waals surface area (Å²) in [5.41, 5.74) is -0.525. The molecule has 1 aromatic rings. The molecular weight excluding hydrogens is 338 g/mol. The van der Waals surface area contributed by atoms with E-state index in [4.69, 9.17) is 16.3 Å². The second-order valence-corrected chi connectivity index (χ2v) is 8.41. The molecule has 1 saturated heterocycles. The highest BCUT2D eigenvalue weighted by Crippen LogP contribution is 2.24. The maximum atomic E-state index is 12.3. The van der Waals surface area contributed by atoms with Crippen LogP contribution >= 0.6 is 22.9 Å². The minimum atomic E-state index is -0.527. The zero-order valence-electron chi connectivity index (χ0n) is 13.8. The van der Waals surface area contributed by atoms with Crippen LogP contribution in [0.2, 0.25) is 4.47 Å². The fraction of sp³-hybridized carbons (Fsp3) is 0.667. The first-order valence-corrected chi connectivity index (χ1v) is 8.75. The Morgan fingerprint density at radius 1 is 1.39 bits per heavy atom. The molecule has 8 heteroatoms. The van der Waals surface area contributed by atoms with Crippen molar-refractivity contribution in [2.45, 2.75) is 51.7 Å². The Balaban J connectivity index is 1.89. The number of ether oxygens (including phenoxy) is 1. The van der Waals surface area contributed by atoms with Crippen molar-refractivity contribution < 1.29 is 14.3 Å². The van der Waals surface area contributed by atoms with E-state index in [0.717, 1.165) is 0 Å².